The van der Waals surface area contributed by atoms with E-state index in [1.54, 1.807) is 31.4 Å². The summed E-state index contributed by atoms with van der Waals surface area (Å²) in [4.78, 5) is 11.9. The Bertz CT molecular complexity index is 981. The molecule has 0 spiro atoms. The molecule has 0 aliphatic rings. The van der Waals surface area contributed by atoms with Crippen LogP contribution in [0.15, 0.2) is 64.1 Å². The summed E-state index contributed by atoms with van der Waals surface area (Å²) in [6, 6.07) is 16.7. The first-order chi connectivity index (χ1) is 13.5. The van der Waals surface area contributed by atoms with Crippen LogP contribution in [0.5, 0.6) is 5.75 Å². The van der Waals surface area contributed by atoms with E-state index < -0.39 is 0 Å². The van der Waals surface area contributed by atoms with E-state index in [1.807, 2.05) is 37.3 Å². The molecule has 0 aliphatic carbocycles. The molecule has 2 aromatic carbocycles. The number of halogens is 1. The number of hydrogen-bond donors (Lipinski definition) is 2. The molecule has 1 aromatic heterocycles. The van der Waals surface area contributed by atoms with Crippen LogP contribution in [-0.2, 0) is 4.79 Å². The Morgan fingerprint density at radius 3 is 2.68 bits per heavy atom. The van der Waals surface area contributed by atoms with Gasteiger partial charge in [-0.25, -0.2) is 5.43 Å². The number of anilines is 1. The Labute approximate surface area is 168 Å². The highest BCUT2D eigenvalue weighted by atomic mass is 35.5. The first kappa shape index (κ1) is 19.5. The van der Waals surface area contributed by atoms with E-state index in [2.05, 4.69) is 15.8 Å². The average Bonchev–Trinajstić information content (AvgIpc) is 3.16. The summed E-state index contributed by atoms with van der Waals surface area (Å²) in [5, 5.41) is 7.44. The Morgan fingerprint density at radius 1 is 1.18 bits per heavy atom. The van der Waals surface area contributed by atoms with E-state index in [1.165, 1.54) is 6.21 Å². The molecule has 3 rings (SSSR count). The second kappa shape index (κ2) is 9.10. The standard InChI is InChI=1S/C21H20ClN3O3/c1-14-3-6-16(7-4-14)23-13-21(26)25-24-12-17-8-10-19(28-17)15-5-9-20(27-2)18(22)11-15/h3-12,23H,13H2,1-2H3,(H,25,26). The van der Waals surface area contributed by atoms with Gasteiger partial charge in [-0.3, -0.25) is 4.79 Å². The molecule has 1 amide bonds. The zero-order valence-electron chi connectivity index (χ0n) is 15.5. The summed E-state index contributed by atoms with van der Waals surface area (Å²) >= 11 is 6.14. The number of furan rings is 1. The van der Waals surface area contributed by atoms with E-state index in [-0.39, 0.29) is 12.5 Å². The summed E-state index contributed by atoms with van der Waals surface area (Å²) in [6.07, 6.45) is 1.44. The summed E-state index contributed by atoms with van der Waals surface area (Å²) in [5.74, 6) is 1.48. The summed E-state index contributed by atoms with van der Waals surface area (Å²) < 4.78 is 10.8. The van der Waals surface area contributed by atoms with E-state index in [0.29, 0.717) is 22.3 Å². The molecule has 0 bridgehead atoms. The zero-order chi connectivity index (χ0) is 19.9. The molecule has 2 N–H and O–H groups in total. The van der Waals surface area contributed by atoms with E-state index in [0.717, 1.165) is 16.8 Å². The minimum absolute atomic E-state index is 0.119. The molecular weight excluding hydrogens is 378 g/mol. The van der Waals surface area contributed by atoms with Crippen molar-refractivity contribution in [2.24, 2.45) is 5.10 Å². The van der Waals surface area contributed by atoms with Gasteiger partial charge in [0.25, 0.3) is 5.91 Å². The van der Waals surface area contributed by atoms with Crippen LogP contribution in [0.3, 0.4) is 0 Å². The molecule has 0 atom stereocenters. The van der Waals surface area contributed by atoms with Crippen molar-refractivity contribution >= 4 is 29.4 Å². The van der Waals surface area contributed by atoms with Crippen LogP contribution in [0.2, 0.25) is 5.02 Å². The number of ether oxygens (including phenoxy) is 1. The first-order valence-corrected chi connectivity index (χ1v) is 8.99. The summed E-state index contributed by atoms with van der Waals surface area (Å²) in [6.45, 7) is 2.13. The third-order valence-electron chi connectivity index (χ3n) is 3.95. The number of aryl methyl sites for hydroxylation is 1. The van der Waals surface area contributed by atoms with Gasteiger partial charge in [-0.05, 0) is 49.4 Å². The van der Waals surface area contributed by atoms with Crippen molar-refractivity contribution < 1.29 is 13.9 Å². The van der Waals surface area contributed by atoms with Crippen LogP contribution < -0.4 is 15.5 Å². The summed E-state index contributed by atoms with van der Waals surface area (Å²) in [5.41, 5.74) is 5.31. The fourth-order valence-corrected chi connectivity index (χ4v) is 2.72. The number of amides is 1. The van der Waals surface area contributed by atoms with E-state index in [9.17, 15) is 4.79 Å². The van der Waals surface area contributed by atoms with Crippen LogP contribution in [0.25, 0.3) is 11.3 Å². The van der Waals surface area contributed by atoms with Crippen LogP contribution in [-0.4, -0.2) is 25.8 Å². The minimum atomic E-state index is -0.259. The highest BCUT2D eigenvalue weighted by molar-refractivity contribution is 6.32. The van der Waals surface area contributed by atoms with E-state index in [4.69, 9.17) is 20.8 Å². The van der Waals surface area contributed by atoms with Gasteiger partial charge in [0, 0.05) is 11.3 Å². The molecule has 3 aromatic rings. The third-order valence-corrected chi connectivity index (χ3v) is 4.24. The Kier molecular flexibility index (Phi) is 6.34. The molecule has 0 saturated heterocycles. The number of carbonyl (C=O) groups is 1. The molecule has 1 heterocycles. The quantitative estimate of drug-likeness (QED) is 0.455. The lowest BCUT2D eigenvalue weighted by Crippen LogP contribution is -2.25. The number of nitrogens with zero attached hydrogens (tertiary/aromatic N) is 1. The van der Waals surface area contributed by atoms with E-state index >= 15 is 0 Å². The second-order valence-corrected chi connectivity index (χ2v) is 6.47. The molecular formula is C21H20ClN3O3. The van der Waals surface area contributed by atoms with Crippen LogP contribution in [0.4, 0.5) is 5.69 Å². The van der Waals surface area contributed by atoms with Crippen molar-refractivity contribution in [3.05, 3.63) is 70.9 Å². The van der Waals surface area contributed by atoms with Gasteiger partial charge >= 0.3 is 0 Å². The SMILES string of the molecule is COc1ccc(-c2ccc(C=NNC(=O)CNc3ccc(C)cc3)o2)cc1Cl. The number of nitrogens with one attached hydrogen (secondary N) is 2. The van der Waals surface area contributed by atoms with Crippen molar-refractivity contribution in [1.82, 2.24) is 5.43 Å². The largest absolute Gasteiger partial charge is 0.495 e. The molecule has 28 heavy (non-hydrogen) atoms. The average molecular weight is 398 g/mol. The maximum atomic E-state index is 11.9. The predicted octanol–water partition coefficient (Wildman–Crippen LogP) is 4.48. The molecule has 7 heteroatoms. The maximum absolute atomic E-state index is 11.9. The molecule has 0 fully saturated rings. The lowest BCUT2D eigenvalue weighted by atomic mass is 10.2. The Hall–Kier alpha value is -3.25. The Morgan fingerprint density at radius 2 is 1.96 bits per heavy atom. The fourth-order valence-electron chi connectivity index (χ4n) is 2.46. The van der Waals surface area contributed by atoms with Gasteiger partial charge in [0.2, 0.25) is 0 Å². The second-order valence-electron chi connectivity index (χ2n) is 6.06. The number of methoxy groups -OCH3 is 1. The maximum Gasteiger partial charge on any atom is 0.259 e. The van der Waals surface area contributed by atoms with Gasteiger partial charge in [-0.1, -0.05) is 29.3 Å². The topological polar surface area (TPSA) is 75.9 Å². The van der Waals surface area contributed by atoms with Crippen LogP contribution in [0.1, 0.15) is 11.3 Å². The van der Waals surface area contributed by atoms with Gasteiger partial charge in [-0.15, -0.1) is 0 Å². The molecule has 0 saturated carbocycles. The molecule has 0 unspecified atom stereocenters. The summed E-state index contributed by atoms with van der Waals surface area (Å²) in [7, 11) is 1.56. The normalized spacial score (nSPS) is 10.8. The lowest BCUT2D eigenvalue weighted by molar-refractivity contribution is -0.119. The number of benzene rings is 2. The van der Waals surface area contributed by atoms with Gasteiger partial charge in [0.1, 0.15) is 17.3 Å². The zero-order valence-corrected chi connectivity index (χ0v) is 16.3. The molecule has 0 aliphatic heterocycles. The van der Waals surface area contributed by atoms with Crippen molar-refractivity contribution in [2.45, 2.75) is 6.92 Å². The van der Waals surface area contributed by atoms with Crippen molar-refractivity contribution in [3.63, 3.8) is 0 Å². The lowest BCUT2D eigenvalue weighted by Gasteiger charge is -2.05. The number of rotatable bonds is 7. The van der Waals surface area contributed by atoms with Gasteiger partial charge in [0.15, 0.2) is 0 Å². The Balaban J connectivity index is 1.53. The van der Waals surface area contributed by atoms with Crippen molar-refractivity contribution in [3.8, 4) is 17.1 Å². The highest BCUT2D eigenvalue weighted by Gasteiger charge is 2.07. The molecule has 0 radical (unpaired) electrons. The number of hydrogen-bond acceptors (Lipinski definition) is 5. The smallest absolute Gasteiger partial charge is 0.259 e. The van der Waals surface area contributed by atoms with Crippen molar-refractivity contribution in [2.75, 3.05) is 19.0 Å². The number of carbonyl (C=O) groups excluding carboxylic acids is 1. The molecule has 6 nitrogen and oxygen atoms in total. The molecule has 144 valence electrons. The highest BCUT2D eigenvalue weighted by Crippen LogP contribution is 2.30. The first-order valence-electron chi connectivity index (χ1n) is 8.61. The van der Waals surface area contributed by atoms with Crippen LogP contribution >= 0.6 is 11.6 Å². The minimum Gasteiger partial charge on any atom is -0.495 e. The predicted molar refractivity (Wildman–Crippen MR) is 111 cm³/mol. The third kappa shape index (κ3) is 5.14. The van der Waals surface area contributed by atoms with Gasteiger partial charge in [-0.2, -0.15) is 5.10 Å². The van der Waals surface area contributed by atoms with Crippen molar-refractivity contribution in [1.29, 1.82) is 0 Å². The van der Waals surface area contributed by atoms with Gasteiger partial charge < -0.3 is 14.5 Å². The van der Waals surface area contributed by atoms with Crippen LogP contribution in [0, 0.1) is 6.92 Å². The number of hydrazone groups is 1. The monoisotopic (exact) mass is 397 g/mol. The fraction of sp³-hybridized carbons (Fsp3) is 0.143. The van der Waals surface area contributed by atoms with Gasteiger partial charge in [0.05, 0.1) is 24.9 Å².